The summed E-state index contributed by atoms with van der Waals surface area (Å²) < 4.78 is 0. The molecule has 0 bridgehead atoms. The summed E-state index contributed by atoms with van der Waals surface area (Å²) in [6, 6.07) is -1.13. The molecular weight excluding hydrogens is 244 g/mol. The maximum Gasteiger partial charge on any atom is 0.326 e. The summed E-state index contributed by atoms with van der Waals surface area (Å²) in [5.74, 6) is 0.0821. The first-order valence-corrected chi connectivity index (χ1v) is 6.91. The van der Waals surface area contributed by atoms with Gasteiger partial charge in [-0.1, -0.05) is 34.6 Å². The summed E-state index contributed by atoms with van der Waals surface area (Å²) >= 11 is 0. The molecule has 1 aliphatic heterocycles. The molecule has 1 fully saturated rings. The Morgan fingerprint density at radius 2 is 1.84 bits per heavy atom. The summed E-state index contributed by atoms with van der Waals surface area (Å²) in [4.78, 5) is 25.1. The van der Waals surface area contributed by atoms with Crippen LogP contribution in [0.25, 0.3) is 0 Å². The number of hydrogen-bond acceptors (Lipinski definition) is 2. The summed E-state index contributed by atoms with van der Waals surface area (Å²) in [7, 11) is 0. The number of rotatable bonds is 2. The number of nitrogens with one attached hydrogen (secondary N) is 1. The molecule has 1 rings (SSSR count). The highest BCUT2D eigenvalue weighted by Crippen LogP contribution is 2.23. The number of carboxylic acids is 1. The van der Waals surface area contributed by atoms with Gasteiger partial charge in [-0.2, -0.15) is 0 Å². The van der Waals surface area contributed by atoms with E-state index >= 15 is 0 Å². The number of nitrogens with zero attached hydrogens (tertiary/aromatic N) is 1. The van der Waals surface area contributed by atoms with Crippen LogP contribution < -0.4 is 5.32 Å². The molecule has 5 nitrogen and oxygen atoms in total. The molecule has 0 aromatic rings. The number of likely N-dealkylation sites (tertiary alicyclic amines) is 1. The van der Waals surface area contributed by atoms with Gasteiger partial charge in [0.05, 0.1) is 0 Å². The van der Waals surface area contributed by atoms with Crippen LogP contribution in [0.2, 0.25) is 0 Å². The fraction of sp³-hybridized carbons (Fsp3) is 0.857. The molecular formula is C14H26N2O3. The Morgan fingerprint density at radius 1 is 1.26 bits per heavy atom. The molecule has 2 unspecified atom stereocenters. The Bertz CT molecular complexity index is 349. The maximum atomic E-state index is 12.2. The van der Waals surface area contributed by atoms with Gasteiger partial charge in [0.15, 0.2) is 0 Å². The fourth-order valence-corrected chi connectivity index (χ4v) is 2.31. The van der Waals surface area contributed by atoms with Crippen LogP contribution in [0.4, 0.5) is 4.79 Å². The van der Waals surface area contributed by atoms with Crippen molar-refractivity contribution >= 4 is 12.0 Å². The average molecular weight is 270 g/mol. The van der Waals surface area contributed by atoms with Crippen molar-refractivity contribution in [3.63, 3.8) is 0 Å². The van der Waals surface area contributed by atoms with Gasteiger partial charge in [-0.25, -0.2) is 9.59 Å². The summed E-state index contributed by atoms with van der Waals surface area (Å²) in [5.41, 5.74) is -0.504. The van der Waals surface area contributed by atoms with E-state index in [9.17, 15) is 14.7 Å². The van der Waals surface area contributed by atoms with Gasteiger partial charge in [0.2, 0.25) is 0 Å². The molecule has 1 heterocycles. The first-order valence-electron chi connectivity index (χ1n) is 6.91. The van der Waals surface area contributed by atoms with Gasteiger partial charge in [-0.05, 0) is 23.7 Å². The SMILES string of the molecule is CC1CCN(C(=O)N[C@H](C(=O)O)C(C)(C)C)CC1C. The van der Waals surface area contributed by atoms with Crippen molar-refractivity contribution in [2.24, 2.45) is 17.3 Å². The van der Waals surface area contributed by atoms with Gasteiger partial charge in [-0.3, -0.25) is 0 Å². The summed E-state index contributed by atoms with van der Waals surface area (Å²) in [5, 5.41) is 11.9. The zero-order chi connectivity index (χ0) is 14.8. The van der Waals surface area contributed by atoms with E-state index in [-0.39, 0.29) is 6.03 Å². The molecule has 0 aromatic heterocycles. The van der Waals surface area contributed by atoms with Crippen LogP contribution in [0.5, 0.6) is 0 Å². The van der Waals surface area contributed by atoms with E-state index in [2.05, 4.69) is 19.2 Å². The van der Waals surface area contributed by atoms with Crippen molar-refractivity contribution in [1.29, 1.82) is 0 Å². The lowest BCUT2D eigenvalue weighted by molar-refractivity contribution is -0.142. The molecule has 0 aromatic carbocycles. The topological polar surface area (TPSA) is 69.6 Å². The van der Waals surface area contributed by atoms with E-state index in [1.807, 2.05) is 20.8 Å². The Balaban J connectivity index is 2.66. The van der Waals surface area contributed by atoms with Crippen LogP contribution in [-0.2, 0) is 4.79 Å². The second kappa shape index (κ2) is 5.80. The molecule has 3 atom stereocenters. The number of piperidine rings is 1. The molecule has 19 heavy (non-hydrogen) atoms. The third kappa shape index (κ3) is 4.11. The molecule has 110 valence electrons. The molecule has 0 saturated carbocycles. The number of aliphatic carboxylic acids is 1. The van der Waals surface area contributed by atoms with Crippen LogP contribution in [0.3, 0.4) is 0 Å². The van der Waals surface area contributed by atoms with E-state index < -0.39 is 17.4 Å². The van der Waals surface area contributed by atoms with Gasteiger partial charge < -0.3 is 15.3 Å². The molecule has 2 N–H and O–H groups in total. The number of hydrogen-bond donors (Lipinski definition) is 2. The molecule has 0 radical (unpaired) electrons. The second-order valence-electron chi connectivity index (χ2n) is 6.78. The minimum Gasteiger partial charge on any atom is -0.480 e. The Morgan fingerprint density at radius 3 is 2.26 bits per heavy atom. The van der Waals surface area contributed by atoms with E-state index in [0.717, 1.165) is 6.42 Å². The lowest BCUT2D eigenvalue weighted by Gasteiger charge is -2.37. The molecule has 0 aliphatic carbocycles. The Hall–Kier alpha value is -1.26. The summed E-state index contributed by atoms with van der Waals surface area (Å²) in [6.45, 7) is 11.2. The zero-order valence-corrected chi connectivity index (χ0v) is 12.6. The van der Waals surface area contributed by atoms with Gasteiger partial charge in [0, 0.05) is 13.1 Å². The number of carboxylic acid groups (broad SMARTS) is 1. The standard InChI is InChI=1S/C14H26N2O3/c1-9-6-7-16(8-10(9)2)13(19)15-11(12(17)18)14(3,4)5/h9-11H,6-8H2,1-5H3,(H,15,19)(H,17,18)/t9?,10?,11-/m1/s1. The van der Waals surface area contributed by atoms with Gasteiger partial charge in [0.1, 0.15) is 6.04 Å². The molecule has 2 amide bonds. The third-order valence-corrected chi connectivity index (χ3v) is 4.00. The van der Waals surface area contributed by atoms with Crippen LogP contribution in [-0.4, -0.2) is 41.1 Å². The summed E-state index contributed by atoms with van der Waals surface area (Å²) in [6.07, 6.45) is 0.974. The van der Waals surface area contributed by atoms with E-state index in [4.69, 9.17) is 0 Å². The van der Waals surface area contributed by atoms with Crippen molar-refractivity contribution in [2.45, 2.75) is 47.1 Å². The smallest absolute Gasteiger partial charge is 0.326 e. The number of carbonyl (C=O) groups is 2. The highest BCUT2D eigenvalue weighted by Gasteiger charge is 2.35. The van der Waals surface area contributed by atoms with Crippen LogP contribution in [0.1, 0.15) is 41.0 Å². The quantitative estimate of drug-likeness (QED) is 0.808. The molecule has 1 saturated heterocycles. The van der Waals surface area contributed by atoms with Crippen LogP contribution >= 0.6 is 0 Å². The maximum absolute atomic E-state index is 12.2. The number of carbonyl (C=O) groups excluding carboxylic acids is 1. The van der Waals surface area contributed by atoms with E-state index in [1.54, 1.807) is 4.90 Å². The minimum absolute atomic E-state index is 0.263. The number of urea groups is 1. The van der Waals surface area contributed by atoms with E-state index in [1.165, 1.54) is 0 Å². The largest absolute Gasteiger partial charge is 0.480 e. The van der Waals surface area contributed by atoms with Crippen LogP contribution in [0.15, 0.2) is 0 Å². The molecule has 5 heteroatoms. The predicted octanol–water partition coefficient (Wildman–Crippen LogP) is 2.17. The highest BCUT2D eigenvalue weighted by molar-refractivity contribution is 5.83. The van der Waals surface area contributed by atoms with Gasteiger partial charge in [-0.15, -0.1) is 0 Å². The van der Waals surface area contributed by atoms with Gasteiger partial charge >= 0.3 is 12.0 Å². The van der Waals surface area contributed by atoms with E-state index in [0.29, 0.717) is 24.9 Å². The van der Waals surface area contributed by atoms with Crippen molar-refractivity contribution in [3.8, 4) is 0 Å². The second-order valence-corrected chi connectivity index (χ2v) is 6.78. The van der Waals surface area contributed by atoms with Crippen molar-refractivity contribution < 1.29 is 14.7 Å². The highest BCUT2D eigenvalue weighted by atomic mass is 16.4. The minimum atomic E-state index is -0.987. The van der Waals surface area contributed by atoms with Crippen LogP contribution in [0, 0.1) is 17.3 Å². The fourth-order valence-electron chi connectivity index (χ4n) is 2.31. The average Bonchev–Trinajstić information content (AvgIpc) is 2.27. The Kier molecular flexibility index (Phi) is 4.82. The monoisotopic (exact) mass is 270 g/mol. The normalized spacial score (nSPS) is 25.8. The lowest BCUT2D eigenvalue weighted by atomic mass is 9.86. The number of amides is 2. The lowest BCUT2D eigenvalue weighted by Crippen LogP contribution is -2.55. The third-order valence-electron chi connectivity index (χ3n) is 4.00. The van der Waals surface area contributed by atoms with Crippen molar-refractivity contribution in [3.05, 3.63) is 0 Å². The zero-order valence-electron chi connectivity index (χ0n) is 12.6. The van der Waals surface area contributed by atoms with Crippen molar-refractivity contribution in [1.82, 2.24) is 10.2 Å². The first-order chi connectivity index (χ1) is 8.62. The molecule has 1 aliphatic rings. The Labute approximate surface area is 115 Å². The molecule has 0 spiro atoms. The predicted molar refractivity (Wildman–Crippen MR) is 73.9 cm³/mol. The first kappa shape index (κ1) is 15.8. The van der Waals surface area contributed by atoms with Crippen molar-refractivity contribution in [2.75, 3.05) is 13.1 Å². The van der Waals surface area contributed by atoms with Gasteiger partial charge in [0.25, 0.3) is 0 Å².